The maximum Gasteiger partial charge on any atom is 0.267 e. The van der Waals surface area contributed by atoms with Crippen molar-refractivity contribution in [2.24, 2.45) is 4.99 Å². The van der Waals surface area contributed by atoms with E-state index in [9.17, 15) is 16.8 Å². The summed E-state index contributed by atoms with van der Waals surface area (Å²) in [4.78, 5) is 4.01. The number of nitrogens with zero attached hydrogens (tertiary/aromatic N) is 2. The van der Waals surface area contributed by atoms with Gasteiger partial charge in [-0.3, -0.25) is 14.0 Å². The molecule has 1 fully saturated rings. The lowest BCUT2D eigenvalue weighted by Gasteiger charge is -2.28. The number of hydrogen-bond donors (Lipinski definition) is 1. The summed E-state index contributed by atoms with van der Waals surface area (Å²) >= 11 is 1.33. The number of aliphatic imine (C=N–C) groups is 1. The molecule has 144 valence electrons. The predicted octanol–water partition coefficient (Wildman–Crippen LogP) is 1.40. The van der Waals surface area contributed by atoms with Gasteiger partial charge in [-0.1, -0.05) is 11.8 Å². The zero-order chi connectivity index (χ0) is 18.8. The first kappa shape index (κ1) is 19.3. The molecule has 1 saturated heterocycles. The average molecular weight is 420 g/mol. The van der Waals surface area contributed by atoms with E-state index in [1.165, 1.54) is 28.2 Å². The van der Waals surface area contributed by atoms with Crippen molar-refractivity contribution < 1.29 is 21.6 Å². The van der Waals surface area contributed by atoms with Gasteiger partial charge in [-0.05, 0) is 38.0 Å². The normalized spacial score (nSPS) is 19.9. The number of rotatable bonds is 5. The molecular formula is C15H21N3O5S3. The van der Waals surface area contributed by atoms with Gasteiger partial charge < -0.3 is 4.74 Å². The molecule has 0 spiro atoms. The van der Waals surface area contributed by atoms with Gasteiger partial charge in [-0.25, -0.2) is 16.8 Å². The quantitative estimate of drug-likeness (QED) is 0.773. The van der Waals surface area contributed by atoms with Crippen molar-refractivity contribution in [2.75, 3.05) is 35.5 Å². The summed E-state index contributed by atoms with van der Waals surface area (Å²) in [5.74, 6) is 0.970. The molecule has 0 aromatic heterocycles. The largest absolute Gasteiger partial charge is 0.492 e. The summed E-state index contributed by atoms with van der Waals surface area (Å²) in [7, 11) is -7.38. The lowest BCUT2D eigenvalue weighted by atomic mass is 10.2. The van der Waals surface area contributed by atoms with Crippen molar-refractivity contribution in [3.8, 4) is 5.75 Å². The number of nitrogens with one attached hydrogen (secondary N) is 1. The fraction of sp³-hybridized carbons (Fsp3) is 0.533. The van der Waals surface area contributed by atoms with Gasteiger partial charge in [0.15, 0.2) is 5.17 Å². The molecule has 1 N–H and O–H groups in total. The Kier molecular flexibility index (Phi) is 5.68. The number of thioether (sulfide) groups is 1. The first-order valence-corrected chi connectivity index (χ1v) is 12.4. The highest BCUT2D eigenvalue weighted by molar-refractivity contribution is 8.15. The number of sulfonamides is 2. The average Bonchev–Trinajstić information content (AvgIpc) is 3.07. The van der Waals surface area contributed by atoms with Crippen molar-refractivity contribution in [1.82, 2.24) is 4.72 Å². The zero-order valence-corrected chi connectivity index (χ0v) is 16.8. The number of benzene rings is 1. The summed E-state index contributed by atoms with van der Waals surface area (Å²) in [6.07, 6.45) is 1.35. The number of anilines is 1. The monoisotopic (exact) mass is 419 g/mol. The second-order valence-electron chi connectivity index (χ2n) is 5.80. The topological polar surface area (TPSA) is 105 Å². The Hall–Kier alpha value is -1.46. The Labute approximate surface area is 158 Å². The van der Waals surface area contributed by atoms with Gasteiger partial charge >= 0.3 is 0 Å². The molecule has 0 saturated carbocycles. The third-order valence-corrected chi connectivity index (χ3v) is 8.21. The Morgan fingerprint density at radius 3 is 2.81 bits per heavy atom. The van der Waals surface area contributed by atoms with Crippen LogP contribution in [0.2, 0.25) is 0 Å². The summed E-state index contributed by atoms with van der Waals surface area (Å²) < 4.78 is 59.5. The number of amidine groups is 1. The molecule has 0 aliphatic carbocycles. The van der Waals surface area contributed by atoms with Crippen molar-refractivity contribution >= 4 is 42.7 Å². The van der Waals surface area contributed by atoms with E-state index in [1.807, 2.05) is 0 Å². The first-order valence-electron chi connectivity index (χ1n) is 8.31. The van der Waals surface area contributed by atoms with E-state index in [0.717, 1.165) is 12.2 Å². The van der Waals surface area contributed by atoms with Gasteiger partial charge in [0.2, 0.25) is 10.0 Å². The van der Waals surface area contributed by atoms with Crippen molar-refractivity contribution in [1.29, 1.82) is 0 Å². The van der Waals surface area contributed by atoms with E-state index in [1.54, 1.807) is 13.0 Å². The molecular weight excluding hydrogens is 398 g/mol. The molecule has 2 heterocycles. The first-order chi connectivity index (χ1) is 12.3. The molecule has 11 heteroatoms. The molecule has 0 bridgehead atoms. The SMILES string of the molecule is CCOc1ccc(N2CCCCS2(=O)=O)cc1S(=O)(=O)NC1=NCCS1. The molecule has 1 aromatic rings. The highest BCUT2D eigenvalue weighted by atomic mass is 32.2. The Morgan fingerprint density at radius 2 is 2.15 bits per heavy atom. The zero-order valence-electron chi connectivity index (χ0n) is 14.3. The van der Waals surface area contributed by atoms with Crippen molar-refractivity contribution in [3.63, 3.8) is 0 Å². The number of hydrogen-bond acceptors (Lipinski definition) is 7. The minimum Gasteiger partial charge on any atom is -0.492 e. The van der Waals surface area contributed by atoms with E-state index >= 15 is 0 Å². The maximum absolute atomic E-state index is 12.8. The van der Waals surface area contributed by atoms with Crippen LogP contribution < -0.4 is 13.8 Å². The second-order valence-corrected chi connectivity index (χ2v) is 10.5. The second kappa shape index (κ2) is 7.65. The van der Waals surface area contributed by atoms with Crippen LogP contribution in [0.15, 0.2) is 28.1 Å². The summed E-state index contributed by atoms with van der Waals surface area (Å²) in [5.41, 5.74) is 0.328. The van der Waals surface area contributed by atoms with E-state index in [4.69, 9.17) is 4.74 Å². The molecule has 8 nitrogen and oxygen atoms in total. The van der Waals surface area contributed by atoms with E-state index in [2.05, 4.69) is 9.71 Å². The molecule has 0 amide bonds. The van der Waals surface area contributed by atoms with Crippen LogP contribution in [-0.4, -0.2) is 53.2 Å². The summed E-state index contributed by atoms with van der Waals surface area (Å²) in [6, 6.07) is 4.44. The fourth-order valence-electron chi connectivity index (χ4n) is 2.78. The minimum atomic E-state index is -3.94. The van der Waals surface area contributed by atoms with E-state index < -0.39 is 20.0 Å². The van der Waals surface area contributed by atoms with Gasteiger partial charge in [-0.2, -0.15) is 0 Å². The van der Waals surface area contributed by atoms with Gasteiger partial charge in [0.25, 0.3) is 10.0 Å². The standard InChI is InChI=1S/C15H21N3O5S3/c1-2-23-13-6-5-12(18-8-3-4-10-25(18,19)20)11-14(13)26(21,22)17-15-16-7-9-24-15/h5-6,11H,2-4,7-10H2,1H3,(H,16,17). The van der Waals surface area contributed by atoms with Crippen molar-refractivity contribution in [3.05, 3.63) is 18.2 Å². The molecule has 2 aliphatic heterocycles. The van der Waals surface area contributed by atoms with Gasteiger partial charge in [-0.15, -0.1) is 0 Å². The van der Waals surface area contributed by atoms with Crippen LogP contribution in [0.4, 0.5) is 5.69 Å². The van der Waals surface area contributed by atoms with Gasteiger partial charge in [0.1, 0.15) is 10.6 Å². The van der Waals surface area contributed by atoms with E-state index in [0.29, 0.717) is 37.0 Å². The molecule has 0 radical (unpaired) electrons. The Morgan fingerprint density at radius 1 is 1.35 bits per heavy atom. The highest BCUT2D eigenvalue weighted by Crippen LogP contribution is 2.32. The van der Waals surface area contributed by atoms with E-state index in [-0.39, 0.29) is 16.4 Å². The molecule has 0 atom stereocenters. The predicted molar refractivity (Wildman–Crippen MR) is 103 cm³/mol. The lowest BCUT2D eigenvalue weighted by molar-refractivity contribution is 0.331. The van der Waals surface area contributed by atoms with Crippen LogP contribution >= 0.6 is 11.8 Å². The smallest absolute Gasteiger partial charge is 0.267 e. The van der Waals surface area contributed by atoms with Gasteiger partial charge in [0.05, 0.1) is 24.6 Å². The molecule has 1 aromatic carbocycles. The Bertz CT molecular complexity index is 912. The van der Waals surface area contributed by atoms with Crippen LogP contribution in [0.5, 0.6) is 5.75 Å². The third kappa shape index (κ3) is 4.09. The van der Waals surface area contributed by atoms with Crippen LogP contribution in [0, 0.1) is 0 Å². The molecule has 2 aliphatic rings. The van der Waals surface area contributed by atoms with Crippen LogP contribution in [0.25, 0.3) is 0 Å². The molecule has 26 heavy (non-hydrogen) atoms. The van der Waals surface area contributed by atoms with Crippen LogP contribution in [-0.2, 0) is 20.0 Å². The van der Waals surface area contributed by atoms with Crippen LogP contribution in [0.3, 0.4) is 0 Å². The summed E-state index contributed by atoms with van der Waals surface area (Å²) in [5, 5.41) is 0.337. The fourth-order valence-corrected chi connectivity index (χ4v) is 6.61. The molecule has 0 unspecified atom stereocenters. The third-order valence-electron chi connectivity index (χ3n) is 3.96. The lowest BCUT2D eigenvalue weighted by Crippen LogP contribution is -2.38. The van der Waals surface area contributed by atoms with Crippen LogP contribution in [0.1, 0.15) is 19.8 Å². The summed E-state index contributed by atoms with van der Waals surface area (Å²) in [6.45, 7) is 2.95. The van der Waals surface area contributed by atoms with Gasteiger partial charge in [0, 0.05) is 12.3 Å². The highest BCUT2D eigenvalue weighted by Gasteiger charge is 2.29. The number of ether oxygens (including phenoxy) is 1. The minimum absolute atomic E-state index is 0.0635. The van der Waals surface area contributed by atoms with Crippen molar-refractivity contribution in [2.45, 2.75) is 24.7 Å². The Balaban J connectivity index is 2.01. The maximum atomic E-state index is 12.8. The molecule has 3 rings (SSSR count).